The molecule has 0 aliphatic heterocycles. The maximum absolute atomic E-state index is 12.7. The van der Waals surface area contributed by atoms with Gasteiger partial charge >= 0.3 is 0 Å². The van der Waals surface area contributed by atoms with E-state index in [0.717, 1.165) is 11.1 Å². The molecule has 0 atom stereocenters. The Balaban J connectivity index is 1.45. The van der Waals surface area contributed by atoms with Crippen LogP contribution in [0.15, 0.2) is 71.8 Å². The summed E-state index contributed by atoms with van der Waals surface area (Å²) in [5, 5.41) is 11.6. The van der Waals surface area contributed by atoms with Gasteiger partial charge in [0.05, 0.1) is 4.90 Å². The summed E-state index contributed by atoms with van der Waals surface area (Å²) in [6.07, 6.45) is 1.65. The Morgan fingerprint density at radius 3 is 2.41 bits per heavy atom. The average molecular weight is 466 g/mol. The molecule has 2 N–H and O–H groups in total. The minimum atomic E-state index is -3.78. The van der Waals surface area contributed by atoms with E-state index in [1.54, 1.807) is 30.5 Å². The predicted molar refractivity (Wildman–Crippen MR) is 124 cm³/mol. The van der Waals surface area contributed by atoms with Crippen molar-refractivity contribution in [3.8, 4) is 10.7 Å². The van der Waals surface area contributed by atoms with Gasteiger partial charge in [0.2, 0.25) is 5.13 Å². The minimum Gasteiger partial charge on any atom is -0.296 e. The largest absolute Gasteiger partial charge is 0.296 e. The highest BCUT2D eigenvalue weighted by Crippen LogP contribution is 2.25. The third-order valence-corrected chi connectivity index (χ3v) is 6.97. The number of nitrogens with zero attached hydrogens (tertiary/aromatic N) is 3. The fourth-order valence-electron chi connectivity index (χ4n) is 2.84. The van der Waals surface area contributed by atoms with Gasteiger partial charge in [0.25, 0.3) is 15.9 Å². The first kappa shape index (κ1) is 21.6. The lowest BCUT2D eigenvalue weighted by Gasteiger charge is -2.10. The number of carbonyl (C=O) groups excluding carboxylic acids is 1. The zero-order valence-corrected chi connectivity index (χ0v) is 18.9. The Hall–Kier alpha value is -3.63. The van der Waals surface area contributed by atoms with Gasteiger partial charge in [-0.15, -0.1) is 10.2 Å². The van der Waals surface area contributed by atoms with Crippen LogP contribution >= 0.6 is 11.3 Å². The van der Waals surface area contributed by atoms with Crippen LogP contribution < -0.4 is 10.0 Å². The molecular weight excluding hydrogens is 446 g/mol. The van der Waals surface area contributed by atoms with Gasteiger partial charge in [-0.05, 0) is 73.5 Å². The van der Waals surface area contributed by atoms with Gasteiger partial charge in [0.1, 0.15) is 5.69 Å². The minimum absolute atomic E-state index is 0.0561. The highest BCUT2D eigenvalue weighted by Gasteiger charge is 2.17. The summed E-state index contributed by atoms with van der Waals surface area (Å²) < 4.78 is 27.9. The maximum atomic E-state index is 12.7. The molecule has 2 heterocycles. The van der Waals surface area contributed by atoms with E-state index in [9.17, 15) is 13.2 Å². The van der Waals surface area contributed by atoms with Crippen LogP contribution in [0.5, 0.6) is 0 Å². The smallest absolute Gasteiger partial charge is 0.261 e. The van der Waals surface area contributed by atoms with Crippen molar-refractivity contribution in [2.75, 3.05) is 10.0 Å². The molecule has 2 aromatic carbocycles. The second-order valence-corrected chi connectivity index (χ2v) is 9.67. The van der Waals surface area contributed by atoms with Crippen molar-refractivity contribution in [1.82, 2.24) is 15.2 Å². The lowest BCUT2D eigenvalue weighted by molar-refractivity contribution is 0.102. The molecule has 0 saturated heterocycles. The molecule has 0 bridgehead atoms. The van der Waals surface area contributed by atoms with Crippen molar-refractivity contribution < 1.29 is 13.2 Å². The molecule has 0 spiro atoms. The number of amides is 1. The molecule has 32 heavy (non-hydrogen) atoms. The van der Waals surface area contributed by atoms with Gasteiger partial charge in [-0.2, -0.15) is 0 Å². The summed E-state index contributed by atoms with van der Waals surface area (Å²) in [4.78, 5) is 16.8. The van der Waals surface area contributed by atoms with Crippen LogP contribution in [-0.4, -0.2) is 29.5 Å². The molecule has 2 aromatic heterocycles. The topological polar surface area (TPSA) is 114 Å². The molecule has 0 saturated carbocycles. The number of benzene rings is 2. The summed E-state index contributed by atoms with van der Waals surface area (Å²) in [5.74, 6) is -0.417. The molecule has 0 aliphatic carbocycles. The predicted octanol–water partition coefficient (Wildman–Crippen LogP) is 4.27. The molecular formula is C22H19N5O3S2. The number of carbonyl (C=O) groups is 1. The lowest BCUT2D eigenvalue weighted by atomic mass is 10.1. The maximum Gasteiger partial charge on any atom is 0.261 e. The number of nitrogens with one attached hydrogen (secondary N) is 2. The molecule has 10 heteroatoms. The number of pyridine rings is 1. The zero-order chi connectivity index (χ0) is 22.7. The van der Waals surface area contributed by atoms with Crippen LogP contribution in [0, 0.1) is 13.8 Å². The van der Waals surface area contributed by atoms with E-state index in [0.29, 0.717) is 27.1 Å². The normalized spacial score (nSPS) is 11.2. The highest BCUT2D eigenvalue weighted by atomic mass is 32.2. The van der Waals surface area contributed by atoms with E-state index in [1.165, 1.54) is 35.6 Å². The van der Waals surface area contributed by atoms with Crippen molar-refractivity contribution in [3.05, 3.63) is 83.6 Å². The van der Waals surface area contributed by atoms with Gasteiger partial charge in [-0.1, -0.05) is 23.5 Å². The first-order chi connectivity index (χ1) is 15.3. The van der Waals surface area contributed by atoms with Crippen LogP contribution in [0.25, 0.3) is 10.7 Å². The molecule has 8 nitrogen and oxygen atoms in total. The molecule has 0 radical (unpaired) electrons. The Kier molecular flexibility index (Phi) is 5.97. The van der Waals surface area contributed by atoms with Gasteiger partial charge in [-0.3, -0.25) is 19.8 Å². The summed E-state index contributed by atoms with van der Waals surface area (Å²) in [6, 6.07) is 16.5. The van der Waals surface area contributed by atoms with Crippen molar-refractivity contribution in [3.63, 3.8) is 0 Å². The summed E-state index contributed by atoms with van der Waals surface area (Å²) in [7, 11) is -3.78. The van der Waals surface area contributed by atoms with Crippen molar-refractivity contribution in [2.24, 2.45) is 0 Å². The average Bonchev–Trinajstić information content (AvgIpc) is 3.25. The van der Waals surface area contributed by atoms with Crippen LogP contribution in [0.4, 0.5) is 10.8 Å². The second kappa shape index (κ2) is 8.85. The fourth-order valence-corrected chi connectivity index (χ4v) is 4.61. The van der Waals surface area contributed by atoms with E-state index in [-0.39, 0.29) is 4.90 Å². The Morgan fingerprint density at radius 1 is 0.938 bits per heavy atom. The first-order valence-electron chi connectivity index (χ1n) is 9.58. The highest BCUT2D eigenvalue weighted by molar-refractivity contribution is 7.92. The van der Waals surface area contributed by atoms with E-state index in [1.807, 2.05) is 26.0 Å². The SMILES string of the molecule is Cc1ccc(NS(=O)(=O)c2ccc(C(=O)Nc3nnc(-c4ccccn4)s3)cc2)cc1C. The number of hydrogen-bond donors (Lipinski definition) is 2. The number of rotatable bonds is 6. The second-order valence-electron chi connectivity index (χ2n) is 7.01. The first-order valence-corrected chi connectivity index (χ1v) is 11.9. The summed E-state index contributed by atoms with van der Waals surface area (Å²) in [6.45, 7) is 3.87. The molecule has 4 aromatic rings. The molecule has 0 aliphatic rings. The molecule has 4 rings (SSSR count). The summed E-state index contributed by atoms with van der Waals surface area (Å²) in [5.41, 5.74) is 3.50. The van der Waals surface area contributed by atoms with Crippen LogP contribution in [0.3, 0.4) is 0 Å². The zero-order valence-electron chi connectivity index (χ0n) is 17.2. The third kappa shape index (κ3) is 4.82. The van der Waals surface area contributed by atoms with Gasteiger partial charge in [0, 0.05) is 17.4 Å². The van der Waals surface area contributed by atoms with Gasteiger partial charge in [-0.25, -0.2) is 8.42 Å². The van der Waals surface area contributed by atoms with Crippen LogP contribution in [-0.2, 0) is 10.0 Å². The quantitative estimate of drug-likeness (QED) is 0.440. The van der Waals surface area contributed by atoms with Gasteiger partial charge in [0.15, 0.2) is 5.01 Å². The van der Waals surface area contributed by atoms with E-state index in [4.69, 9.17) is 0 Å². The van der Waals surface area contributed by atoms with Crippen molar-refractivity contribution in [2.45, 2.75) is 18.7 Å². The third-order valence-electron chi connectivity index (χ3n) is 4.72. The van der Waals surface area contributed by atoms with Crippen LogP contribution in [0.1, 0.15) is 21.5 Å². The van der Waals surface area contributed by atoms with E-state index in [2.05, 4.69) is 25.2 Å². The Labute approximate surface area is 189 Å². The summed E-state index contributed by atoms with van der Waals surface area (Å²) >= 11 is 1.20. The number of aryl methyl sites for hydroxylation is 2. The standard InChI is InChI=1S/C22H19N5O3S2/c1-14-6-9-17(13-15(14)2)27-32(29,30)18-10-7-16(8-11-18)20(28)24-22-26-25-21(31-22)19-5-3-4-12-23-19/h3-13,27H,1-2H3,(H,24,26,28). The number of aromatic nitrogens is 3. The van der Waals surface area contributed by atoms with Gasteiger partial charge < -0.3 is 0 Å². The molecule has 0 unspecified atom stereocenters. The van der Waals surface area contributed by atoms with Crippen molar-refractivity contribution in [1.29, 1.82) is 0 Å². The van der Waals surface area contributed by atoms with Crippen LogP contribution in [0.2, 0.25) is 0 Å². The fraction of sp³-hybridized carbons (Fsp3) is 0.0909. The molecule has 0 fully saturated rings. The van der Waals surface area contributed by atoms with E-state index < -0.39 is 15.9 Å². The number of anilines is 2. The Morgan fingerprint density at radius 2 is 1.72 bits per heavy atom. The molecule has 1 amide bonds. The monoisotopic (exact) mass is 465 g/mol. The number of sulfonamides is 1. The lowest BCUT2D eigenvalue weighted by Crippen LogP contribution is -2.15. The Bertz CT molecular complexity index is 1370. The molecule has 162 valence electrons. The van der Waals surface area contributed by atoms with Crippen molar-refractivity contribution >= 4 is 38.1 Å². The number of hydrogen-bond acceptors (Lipinski definition) is 7. The van der Waals surface area contributed by atoms with E-state index >= 15 is 0 Å².